The molecule has 0 aliphatic carbocycles. The summed E-state index contributed by atoms with van der Waals surface area (Å²) in [6, 6.07) is 23.2. The van der Waals surface area contributed by atoms with Crippen molar-refractivity contribution in [2.24, 2.45) is 0 Å². The van der Waals surface area contributed by atoms with Gasteiger partial charge in [-0.2, -0.15) is 0 Å². The van der Waals surface area contributed by atoms with Gasteiger partial charge in [0.25, 0.3) is 5.56 Å². The van der Waals surface area contributed by atoms with Crippen LogP contribution in [0.2, 0.25) is 0 Å². The minimum Gasteiger partial charge on any atom is -0.485 e. The number of rotatable bonds is 9. The first-order valence-electron chi connectivity index (χ1n) is 10.9. The number of anilines is 1. The summed E-state index contributed by atoms with van der Waals surface area (Å²) in [5.74, 6) is -2.95. The van der Waals surface area contributed by atoms with Crippen molar-refractivity contribution in [2.75, 3.05) is 5.73 Å². The van der Waals surface area contributed by atoms with Crippen LogP contribution in [0.15, 0.2) is 83.7 Å². The number of carboxylic acids is 2. The molecule has 1 aromatic heterocycles. The summed E-state index contributed by atoms with van der Waals surface area (Å²) in [6.45, 7) is 0.404. The van der Waals surface area contributed by atoms with E-state index in [1.807, 2.05) is 60.7 Å². The zero-order chi connectivity index (χ0) is 25.7. The van der Waals surface area contributed by atoms with Crippen molar-refractivity contribution in [1.29, 1.82) is 0 Å². The van der Waals surface area contributed by atoms with Crippen LogP contribution in [-0.2, 0) is 13.2 Å². The Hall–Kier alpha value is -5.05. The number of benzene rings is 3. The standard InChI is InChI=1S/C27H22N2O7/c28-24-22(26(31)32)21(23(27(33)34)25(30)29-24)18-11-12-19(35-14-16-7-3-1-4-8-16)20(13-18)36-15-17-9-5-2-6-10-17/h1-13H,14-15H2,(H,31,32)(H,33,34)(H3,28,29,30). The molecule has 0 bridgehead atoms. The molecule has 0 unspecified atom stereocenters. The number of aromatic carboxylic acids is 2. The fourth-order valence-electron chi connectivity index (χ4n) is 3.70. The van der Waals surface area contributed by atoms with Gasteiger partial charge in [0.1, 0.15) is 30.2 Å². The molecule has 0 radical (unpaired) electrons. The number of nitrogen functional groups attached to an aromatic ring is 1. The van der Waals surface area contributed by atoms with Gasteiger partial charge < -0.3 is 30.4 Å². The van der Waals surface area contributed by atoms with Gasteiger partial charge in [0.2, 0.25) is 0 Å². The van der Waals surface area contributed by atoms with Crippen molar-refractivity contribution < 1.29 is 29.3 Å². The maximum atomic E-state index is 12.4. The third-order valence-corrected chi connectivity index (χ3v) is 5.38. The van der Waals surface area contributed by atoms with Crippen molar-refractivity contribution in [3.63, 3.8) is 0 Å². The van der Waals surface area contributed by atoms with E-state index in [-0.39, 0.29) is 30.1 Å². The third kappa shape index (κ3) is 5.20. The average Bonchev–Trinajstić information content (AvgIpc) is 2.86. The first kappa shape index (κ1) is 24.1. The molecule has 182 valence electrons. The van der Waals surface area contributed by atoms with Crippen LogP contribution < -0.4 is 20.8 Å². The lowest BCUT2D eigenvalue weighted by molar-refractivity contribution is 0.0695. The second kappa shape index (κ2) is 10.5. The lowest BCUT2D eigenvalue weighted by Gasteiger charge is -2.17. The fourth-order valence-corrected chi connectivity index (χ4v) is 3.70. The molecule has 0 saturated carbocycles. The van der Waals surface area contributed by atoms with Gasteiger partial charge in [-0.15, -0.1) is 0 Å². The van der Waals surface area contributed by atoms with Gasteiger partial charge in [-0.25, -0.2) is 9.59 Å². The summed E-state index contributed by atoms with van der Waals surface area (Å²) in [7, 11) is 0. The molecule has 0 aliphatic rings. The molecule has 0 spiro atoms. The fraction of sp³-hybridized carbons (Fsp3) is 0.0741. The molecule has 3 aromatic carbocycles. The van der Waals surface area contributed by atoms with Crippen molar-refractivity contribution in [3.05, 3.63) is 111 Å². The van der Waals surface area contributed by atoms with Crippen LogP contribution in [-0.4, -0.2) is 27.1 Å². The highest BCUT2D eigenvalue weighted by molar-refractivity contribution is 6.07. The maximum absolute atomic E-state index is 12.4. The Labute approximate surface area is 205 Å². The number of pyridine rings is 1. The van der Waals surface area contributed by atoms with E-state index in [9.17, 15) is 24.6 Å². The first-order chi connectivity index (χ1) is 17.3. The van der Waals surface area contributed by atoms with Crippen LogP contribution in [0.25, 0.3) is 11.1 Å². The number of ether oxygens (including phenoxy) is 2. The molecule has 4 rings (SSSR count). The predicted molar refractivity (Wildman–Crippen MR) is 132 cm³/mol. The SMILES string of the molecule is Nc1[nH]c(=O)c(C(=O)O)c(-c2ccc(OCc3ccccc3)c(OCc3ccccc3)c2)c1C(=O)O. The molecule has 1 heterocycles. The smallest absolute Gasteiger partial charge is 0.342 e. The molecule has 0 amide bonds. The Morgan fingerprint density at radius 2 is 1.28 bits per heavy atom. The summed E-state index contributed by atoms with van der Waals surface area (Å²) in [5.41, 5.74) is 5.06. The van der Waals surface area contributed by atoms with Crippen molar-refractivity contribution in [1.82, 2.24) is 4.98 Å². The van der Waals surface area contributed by atoms with Crippen LogP contribution in [0, 0.1) is 0 Å². The number of nitrogens with one attached hydrogen (secondary N) is 1. The molecule has 0 atom stereocenters. The van der Waals surface area contributed by atoms with E-state index in [2.05, 4.69) is 4.98 Å². The van der Waals surface area contributed by atoms with Gasteiger partial charge in [-0.1, -0.05) is 66.7 Å². The van der Waals surface area contributed by atoms with E-state index < -0.39 is 34.4 Å². The molecule has 9 heteroatoms. The van der Waals surface area contributed by atoms with Gasteiger partial charge >= 0.3 is 11.9 Å². The van der Waals surface area contributed by atoms with E-state index in [0.717, 1.165) is 11.1 Å². The number of carboxylic acid groups (broad SMARTS) is 2. The number of nitrogens with two attached hydrogens (primary N) is 1. The normalized spacial score (nSPS) is 10.6. The Morgan fingerprint density at radius 3 is 1.81 bits per heavy atom. The Kier molecular flexibility index (Phi) is 7.01. The quantitative estimate of drug-likeness (QED) is 0.275. The molecule has 0 saturated heterocycles. The minimum absolute atomic E-state index is 0.123. The second-order valence-corrected chi connectivity index (χ2v) is 7.81. The molecular formula is C27H22N2O7. The van der Waals surface area contributed by atoms with Gasteiger partial charge in [0, 0.05) is 5.56 Å². The predicted octanol–water partition coefficient (Wildman–Crippen LogP) is 4.18. The van der Waals surface area contributed by atoms with Gasteiger partial charge in [-0.3, -0.25) is 4.79 Å². The second-order valence-electron chi connectivity index (χ2n) is 7.81. The zero-order valence-electron chi connectivity index (χ0n) is 18.9. The van der Waals surface area contributed by atoms with Crippen LogP contribution in [0.4, 0.5) is 5.82 Å². The number of hydrogen-bond donors (Lipinski definition) is 4. The number of H-pyrrole nitrogens is 1. The van der Waals surface area contributed by atoms with Gasteiger partial charge in [-0.05, 0) is 28.8 Å². The highest BCUT2D eigenvalue weighted by atomic mass is 16.5. The molecular weight excluding hydrogens is 464 g/mol. The van der Waals surface area contributed by atoms with E-state index >= 15 is 0 Å². The van der Waals surface area contributed by atoms with Gasteiger partial charge in [0.15, 0.2) is 11.5 Å². The number of aromatic nitrogens is 1. The highest BCUT2D eigenvalue weighted by Crippen LogP contribution is 2.37. The molecule has 0 fully saturated rings. The molecule has 36 heavy (non-hydrogen) atoms. The lowest BCUT2D eigenvalue weighted by atomic mass is 9.95. The Bertz CT molecular complexity index is 1470. The summed E-state index contributed by atoms with van der Waals surface area (Å²) in [4.78, 5) is 38.4. The molecule has 9 nitrogen and oxygen atoms in total. The molecule has 4 aromatic rings. The highest BCUT2D eigenvalue weighted by Gasteiger charge is 2.27. The van der Waals surface area contributed by atoms with Crippen LogP contribution in [0.5, 0.6) is 11.5 Å². The molecule has 0 aliphatic heterocycles. The monoisotopic (exact) mass is 486 g/mol. The van der Waals surface area contributed by atoms with Crippen molar-refractivity contribution in [3.8, 4) is 22.6 Å². The largest absolute Gasteiger partial charge is 0.485 e. The molecule has 5 N–H and O–H groups in total. The topological polar surface area (TPSA) is 152 Å². The van der Waals surface area contributed by atoms with Crippen molar-refractivity contribution >= 4 is 17.8 Å². The first-order valence-corrected chi connectivity index (χ1v) is 10.9. The third-order valence-electron chi connectivity index (χ3n) is 5.38. The van der Waals surface area contributed by atoms with Crippen LogP contribution in [0.1, 0.15) is 31.8 Å². The minimum atomic E-state index is -1.59. The summed E-state index contributed by atoms with van der Waals surface area (Å²) < 4.78 is 12.0. The lowest BCUT2D eigenvalue weighted by Crippen LogP contribution is -2.24. The summed E-state index contributed by atoms with van der Waals surface area (Å²) in [5, 5.41) is 19.4. The number of hydrogen-bond acceptors (Lipinski definition) is 6. The average molecular weight is 486 g/mol. The number of carbonyl (C=O) groups is 2. The Morgan fingerprint density at radius 1 is 0.750 bits per heavy atom. The summed E-state index contributed by atoms with van der Waals surface area (Å²) in [6.07, 6.45) is 0. The summed E-state index contributed by atoms with van der Waals surface area (Å²) >= 11 is 0. The van der Waals surface area contributed by atoms with E-state index in [0.29, 0.717) is 5.75 Å². The van der Waals surface area contributed by atoms with Crippen LogP contribution in [0.3, 0.4) is 0 Å². The van der Waals surface area contributed by atoms with Crippen molar-refractivity contribution in [2.45, 2.75) is 13.2 Å². The maximum Gasteiger partial charge on any atom is 0.342 e. The van der Waals surface area contributed by atoms with E-state index in [4.69, 9.17) is 15.2 Å². The Balaban J connectivity index is 1.81. The van der Waals surface area contributed by atoms with E-state index in [1.165, 1.54) is 18.2 Å². The number of aromatic amines is 1. The van der Waals surface area contributed by atoms with Gasteiger partial charge in [0.05, 0.1) is 0 Å². The zero-order valence-corrected chi connectivity index (χ0v) is 18.9. The van der Waals surface area contributed by atoms with Crippen LogP contribution >= 0.6 is 0 Å². The van der Waals surface area contributed by atoms with E-state index in [1.54, 1.807) is 0 Å².